The zero-order valence-corrected chi connectivity index (χ0v) is 12.1. The Hall–Kier alpha value is -1.50. The number of phenols is 1. The van der Waals surface area contributed by atoms with Gasteiger partial charge in [-0.05, 0) is 30.3 Å². The number of hydrogen-bond acceptors (Lipinski definition) is 3. The van der Waals surface area contributed by atoms with Crippen molar-refractivity contribution in [2.24, 2.45) is 0 Å². The fourth-order valence-corrected chi connectivity index (χ4v) is 3.23. The Balaban J connectivity index is 2.46. The molecule has 0 saturated carbocycles. The predicted octanol–water partition coefficient (Wildman–Crippen LogP) is 3.64. The van der Waals surface area contributed by atoms with E-state index in [0.29, 0.717) is 0 Å². The van der Waals surface area contributed by atoms with Gasteiger partial charge in [-0.15, -0.1) is 0 Å². The summed E-state index contributed by atoms with van der Waals surface area (Å²) in [5, 5.41) is 9.51. The maximum absolute atomic E-state index is 13.1. The molecule has 0 bridgehead atoms. The standard InChI is InChI=1S/C12H8Cl2FNO3S/c13-8-5-4-7(15)6-11(8)20(18,19)16-10-3-1-2-9(14)12(10)17/h1-6,16-17H. The van der Waals surface area contributed by atoms with Crippen molar-refractivity contribution in [3.05, 3.63) is 52.3 Å². The lowest BCUT2D eigenvalue weighted by Crippen LogP contribution is -2.14. The average Bonchev–Trinajstić information content (AvgIpc) is 2.37. The molecule has 8 heteroatoms. The number of hydrogen-bond donors (Lipinski definition) is 2. The van der Waals surface area contributed by atoms with Crippen molar-refractivity contribution in [3.8, 4) is 5.75 Å². The highest BCUT2D eigenvalue weighted by molar-refractivity contribution is 7.92. The van der Waals surface area contributed by atoms with Crippen molar-refractivity contribution < 1.29 is 17.9 Å². The maximum atomic E-state index is 13.1. The van der Waals surface area contributed by atoms with E-state index in [1.807, 2.05) is 0 Å². The van der Waals surface area contributed by atoms with Gasteiger partial charge in [0.1, 0.15) is 10.7 Å². The van der Waals surface area contributed by atoms with Gasteiger partial charge in [-0.25, -0.2) is 12.8 Å². The zero-order valence-electron chi connectivity index (χ0n) is 9.77. The van der Waals surface area contributed by atoms with Crippen molar-refractivity contribution in [1.29, 1.82) is 0 Å². The Bertz CT molecular complexity index is 765. The Morgan fingerprint density at radius 1 is 1.10 bits per heavy atom. The molecule has 0 saturated heterocycles. The lowest BCUT2D eigenvalue weighted by Gasteiger charge is -2.11. The molecule has 106 valence electrons. The van der Waals surface area contributed by atoms with Crippen LogP contribution in [0.25, 0.3) is 0 Å². The second-order valence-electron chi connectivity index (χ2n) is 3.82. The van der Waals surface area contributed by atoms with Gasteiger partial charge in [0.15, 0.2) is 5.75 Å². The van der Waals surface area contributed by atoms with E-state index in [-0.39, 0.29) is 15.7 Å². The third kappa shape index (κ3) is 2.98. The number of halogens is 3. The van der Waals surface area contributed by atoms with Crippen LogP contribution >= 0.6 is 23.2 Å². The van der Waals surface area contributed by atoms with Crippen LogP contribution in [0.15, 0.2) is 41.3 Å². The molecule has 0 aliphatic heterocycles. The van der Waals surface area contributed by atoms with Gasteiger partial charge in [-0.3, -0.25) is 4.72 Å². The number of sulfonamides is 1. The third-order valence-electron chi connectivity index (χ3n) is 2.41. The van der Waals surface area contributed by atoms with Crippen LogP contribution in [0.2, 0.25) is 10.0 Å². The van der Waals surface area contributed by atoms with Gasteiger partial charge in [-0.1, -0.05) is 29.3 Å². The van der Waals surface area contributed by atoms with Gasteiger partial charge in [0.05, 0.1) is 15.7 Å². The van der Waals surface area contributed by atoms with Crippen molar-refractivity contribution in [2.75, 3.05) is 4.72 Å². The quantitative estimate of drug-likeness (QED) is 0.841. The summed E-state index contributed by atoms with van der Waals surface area (Å²) in [6.45, 7) is 0. The van der Waals surface area contributed by atoms with Crippen LogP contribution in [0.5, 0.6) is 5.75 Å². The molecular weight excluding hydrogens is 328 g/mol. The monoisotopic (exact) mass is 335 g/mol. The van der Waals surface area contributed by atoms with E-state index in [1.54, 1.807) is 0 Å². The normalized spacial score (nSPS) is 11.3. The summed E-state index contributed by atoms with van der Waals surface area (Å²) in [5.41, 5.74) is -0.127. The van der Waals surface area contributed by atoms with Crippen molar-refractivity contribution in [2.45, 2.75) is 4.90 Å². The largest absolute Gasteiger partial charge is 0.504 e. The zero-order chi connectivity index (χ0) is 14.9. The van der Waals surface area contributed by atoms with Crippen LogP contribution < -0.4 is 4.72 Å². The molecule has 0 radical (unpaired) electrons. The summed E-state index contributed by atoms with van der Waals surface area (Å²) in [6.07, 6.45) is 0. The van der Waals surface area contributed by atoms with Crippen LogP contribution in [0.1, 0.15) is 0 Å². The summed E-state index contributed by atoms with van der Waals surface area (Å²) in [7, 11) is -4.15. The van der Waals surface area contributed by atoms with Crippen LogP contribution in [-0.2, 0) is 10.0 Å². The van der Waals surface area contributed by atoms with Crippen LogP contribution in [-0.4, -0.2) is 13.5 Å². The Morgan fingerprint density at radius 3 is 2.50 bits per heavy atom. The first-order chi connectivity index (χ1) is 9.31. The molecular formula is C12H8Cl2FNO3S. The molecule has 0 aliphatic carbocycles. The van der Waals surface area contributed by atoms with Gasteiger partial charge >= 0.3 is 0 Å². The molecule has 0 heterocycles. The fraction of sp³-hybridized carbons (Fsp3) is 0. The highest BCUT2D eigenvalue weighted by Gasteiger charge is 2.20. The molecule has 0 aliphatic rings. The molecule has 0 spiro atoms. The number of benzene rings is 2. The van der Waals surface area contributed by atoms with Crippen LogP contribution in [0.3, 0.4) is 0 Å². The molecule has 0 amide bonds. The molecule has 0 fully saturated rings. The smallest absolute Gasteiger partial charge is 0.263 e. The maximum Gasteiger partial charge on any atom is 0.263 e. The van der Waals surface area contributed by atoms with Gasteiger partial charge in [0.2, 0.25) is 0 Å². The molecule has 0 aromatic heterocycles. The number of nitrogens with one attached hydrogen (secondary N) is 1. The van der Waals surface area contributed by atoms with Gasteiger partial charge in [0, 0.05) is 0 Å². The lowest BCUT2D eigenvalue weighted by molar-refractivity contribution is 0.478. The number of para-hydroxylation sites is 1. The summed E-state index contributed by atoms with van der Waals surface area (Å²) < 4.78 is 39.5. The van der Waals surface area contributed by atoms with E-state index in [0.717, 1.165) is 18.2 Å². The van der Waals surface area contributed by atoms with Crippen molar-refractivity contribution in [1.82, 2.24) is 0 Å². The van der Waals surface area contributed by atoms with E-state index in [4.69, 9.17) is 23.2 Å². The summed E-state index contributed by atoms with van der Waals surface area (Å²) in [4.78, 5) is -0.432. The average molecular weight is 336 g/mol. The van der Waals surface area contributed by atoms with Crippen LogP contribution in [0.4, 0.5) is 10.1 Å². The summed E-state index contributed by atoms with van der Waals surface area (Å²) in [6, 6.07) is 7.11. The minimum absolute atomic E-state index is 0.0180. The van der Waals surface area contributed by atoms with E-state index in [1.165, 1.54) is 18.2 Å². The van der Waals surface area contributed by atoms with Crippen LogP contribution in [0, 0.1) is 5.82 Å². The summed E-state index contributed by atoms with van der Waals surface area (Å²) >= 11 is 11.4. The molecule has 2 aromatic carbocycles. The second kappa shape index (κ2) is 5.47. The first-order valence-electron chi connectivity index (χ1n) is 5.26. The Kier molecular flexibility index (Phi) is 4.08. The van der Waals surface area contributed by atoms with E-state index in [9.17, 15) is 17.9 Å². The van der Waals surface area contributed by atoms with Gasteiger partial charge in [-0.2, -0.15) is 0 Å². The highest BCUT2D eigenvalue weighted by atomic mass is 35.5. The first kappa shape index (κ1) is 14.9. The SMILES string of the molecule is O=S(=O)(Nc1cccc(Cl)c1O)c1cc(F)ccc1Cl. The topological polar surface area (TPSA) is 66.4 Å². The fourth-order valence-electron chi connectivity index (χ4n) is 1.48. The van der Waals surface area contributed by atoms with E-state index < -0.39 is 26.5 Å². The number of phenolic OH excluding ortho intramolecular Hbond substituents is 1. The highest BCUT2D eigenvalue weighted by Crippen LogP contribution is 2.33. The van der Waals surface area contributed by atoms with Crippen molar-refractivity contribution in [3.63, 3.8) is 0 Å². The number of rotatable bonds is 3. The molecule has 0 unspecified atom stereocenters. The Morgan fingerprint density at radius 2 is 1.80 bits per heavy atom. The molecule has 2 N–H and O–H groups in total. The van der Waals surface area contributed by atoms with E-state index >= 15 is 0 Å². The van der Waals surface area contributed by atoms with E-state index in [2.05, 4.69) is 4.72 Å². The first-order valence-corrected chi connectivity index (χ1v) is 7.50. The number of aromatic hydroxyl groups is 1. The molecule has 2 aromatic rings. The molecule has 4 nitrogen and oxygen atoms in total. The minimum atomic E-state index is -4.15. The number of anilines is 1. The third-order valence-corrected chi connectivity index (χ3v) is 4.57. The van der Waals surface area contributed by atoms with Crippen molar-refractivity contribution >= 4 is 38.9 Å². The Labute approximate surface area is 124 Å². The predicted molar refractivity (Wildman–Crippen MR) is 75.3 cm³/mol. The molecule has 2 rings (SSSR count). The molecule has 0 atom stereocenters. The summed E-state index contributed by atoms with van der Waals surface area (Å²) in [5.74, 6) is -1.17. The second-order valence-corrected chi connectivity index (χ2v) is 6.28. The lowest BCUT2D eigenvalue weighted by atomic mass is 10.3. The van der Waals surface area contributed by atoms with Gasteiger partial charge < -0.3 is 5.11 Å². The van der Waals surface area contributed by atoms with Gasteiger partial charge in [0.25, 0.3) is 10.0 Å². The molecule has 20 heavy (non-hydrogen) atoms. The minimum Gasteiger partial charge on any atom is -0.504 e.